The molecule has 0 heterocycles. The second-order valence-electron chi connectivity index (χ2n) is 3.25. The fourth-order valence-electron chi connectivity index (χ4n) is 1.18. The molecule has 0 spiro atoms. The molecule has 0 saturated carbocycles. The van der Waals surface area contributed by atoms with E-state index in [1.54, 1.807) is 13.8 Å². The van der Waals surface area contributed by atoms with Gasteiger partial charge in [0.1, 0.15) is 5.84 Å². The van der Waals surface area contributed by atoms with E-state index in [0.717, 1.165) is 0 Å². The number of rotatable bonds is 7. The van der Waals surface area contributed by atoms with E-state index in [1.807, 2.05) is 0 Å². The highest BCUT2D eigenvalue weighted by molar-refractivity contribution is 7.86. The third-order valence-electron chi connectivity index (χ3n) is 2.24. The van der Waals surface area contributed by atoms with Crippen LogP contribution in [0, 0.1) is 0 Å². The second-order valence-corrected chi connectivity index (χ2v) is 5.29. The van der Waals surface area contributed by atoms with E-state index in [4.69, 9.17) is 10.9 Å². The summed E-state index contributed by atoms with van der Waals surface area (Å²) in [7, 11) is -1.96. The summed E-state index contributed by atoms with van der Waals surface area (Å²) in [6.07, 6.45) is 0.202. The van der Waals surface area contributed by atoms with Crippen molar-refractivity contribution < 1.29 is 13.6 Å². The molecule has 0 radical (unpaired) electrons. The van der Waals surface area contributed by atoms with Gasteiger partial charge < -0.3 is 10.9 Å². The van der Waals surface area contributed by atoms with Gasteiger partial charge in [-0.2, -0.15) is 17.0 Å². The van der Waals surface area contributed by atoms with E-state index >= 15 is 0 Å². The molecule has 3 N–H and O–H groups in total. The summed E-state index contributed by atoms with van der Waals surface area (Å²) in [5, 5.41) is 11.1. The van der Waals surface area contributed by atoms with Gasteiger partial charge in [-0.05, 0) is 0 Å². The molecule has 0 saturated heterocycles. The highest BCUT2D eigenvalue weighted by atomic mass is 32.2. The fraction of sp³-hybridized carbons (Fsp3) is 0.875. The van der Waals surface area contributed by atoms with Crippen molar-refractivity contribution in [3.63, 3.8) is 0 Å². The first-order valence-corrected chi connectivity index (χ1v) is 6.47. The van der Waals surface area contributed by atoms with Crippen molar-refractivity contribution in [2.75, 3.05) is 26.7 Å². The maximum atomic E-state index is 11.9. The zero-order valence-electron chi connectivity index (χ0n) is 9.92. The normalized spacial score (nSPS) is 13.7. The van der Waals surface area contributed by atoms with Crippen LogP contribution in [0.4, 0.5) is 0 Å². The van der Waals surface area contributed by atoms with E-state index in [1.165, 1.54) is 15.7 Å². The molecule has 0 aliphatic rings. The number of oxime groups is 1. The predicted octanol–water partition coefficient (Wildman–Crippen LogP) is -0.359. The van der Waals surface area contributed by atoms with Gasteiger partial charge in [0.05, 0.1) is 0 Å². The fourth-order valence-corrected chi connectivity index (χ4v) is 2.55. The summed E-state index contributed by atoms with van der Waals surface area (Å²) in [6, 6.07) is 0. The summed E-state index contributed by atoms with van der Waals surface area (Å²) < 4.78 is 26.3. The van der Waals surface area contributed by atoms with E-state index < -0.39 is 10.2 Å². The lowest BCUT2D eigenvalue weighted by atomic mass is 10.4. The quantitative estimate of drug-likeness (QED) is 0.280. The highest BCUT2D eigenvalue weighted by Gasteiger charge is 2.23. The maximum Gasteiger partial charge on any atom is 0.281 e. The third-order valence-corrected chi connectivity index (χ3v) is 4.38. The second kappa shape index (κ2) is 6.66. The number of nitrogens with zero attached hydrogens (tertiary/aromatic N) is 3. The minimum Gasteiger partial charge on any atom is -0.409 e. The molecular formula is C8H20N4O3S. The molecule has 16 heavy (non-hydrogen) atoms. The number of hydrogen-bond acceptors (Lipinski definition) is 4. The molecule has 0 aliphatic heterocycles. The largest absolute Gasteiger partial charge is 0.409 e. The molecule has 7 nitrogen and oxygen atoms in total. The molecule has 0 unspecified atom stereocenters. The van der Waals surface area contributed by atoms with E-state index in [2.05, 4.69) is 5.16 Å². The number of hydrogen-bond donors (Lipinski definition) is 2. The third kappa shape index (κ3) is 3.95. The molecule has 0 aromatic heterocycles. The summed E-state index contributed by atoms with van der Waals surface area (Å²) >= 11 is 0. The minimum atomic E-state index is -3.43. The van der Waals surface area contributed by atoms with E-state index in [-0.39, 0.29) is 18.8 Å². The van der Waals surface area contributed by atoms with Crippen molar-refractivity contribution in [2.24, 2.45) is 10.9 Å². The Morgan fingerprint density at radius 1 is 1.38 bits per heavy atom. The molecule has 0 aromatic rings. The average Bonchev–Trinajstić information content (AvgIpc) is 2.26. The topological polar surface area (TPSA) is 99.2 Å². The Kier molecular flexibility index (Phi) is 6.31. The van der Waals surface area contributed by atoms with E-state index in [9.17, 15) is 8.42 Å². The van der Waals surface area contributed by atoms with Crippen LogP contribution in [-0.4, -0.2) is 54.8 Å². The van der Waals surface area contributed by atoms with Gasteiger partial charge in [0.25, 0.3) is 10.2 Å². The monoisotopic (exact) mass is 252 g/mol. The van der Waals surface area contributed by atoms with E-state index in [0.29, 0.717) is 13.1 Å². The molecule has 8 heteroatoms. The number of amidine groups is 1. The van der Waals surface area contributed by atoms with Crippen LogP contribution < -0.4 is 5.73 Å². The Bertz CT molecular complexity index is 324. The Morgan fingerprint density at radius 3 is 2.25 bits per heavy atom. The van der Waals surface area contributed by atoms with Crippen LogP contribution in [0.15, 0.2) is 5.16 Å². The van der Waals surface area contributed by atoms with Gasteiger partial charge in [-0.25, -0.2) is 0 Å². The number of nitrogens with two attached hydrogens (primary N) is 1. The Labute approximate surface area is 96.7 Å². The Hall–Kier alpha value is -0.860. The predicted molar refractivity (Wildman–Crippen MR) is 62.5 cm³/mol. The lowest BCUT2D eigenvalue weighted by Gasteiger charge is -2.25. The molecule has 0 aliphatic carbocycles. The van der Waals surface area contributed by atoms with Crippen LogP contribution in [0.2, 0.25) is 0 Å². The molecule has 0 atom stereocenters. The zero-order chi connectivity index (χ0) is 12.8. The van der Waals surface area contributed by atoms with Crippen molar-refractivity contribution in [3.8, 4) is 0 Å². The molecule has 0 rings (SSSR count). The smallest absolute Gasteiger partial charge is 0.281 e. The highest BCUT2D eigenvalue weighted by Crippen LogP contribution is 2.06. The zero-order valence-corrected chi connectivity index (χ0v) is 10.7. The van der Waals surface area contributed by atoms with Gasteiger partial charge in [-0.3, -0.25) is 0 Å². The van der Waals surface area contributed by atoms with Crippen molar-refractivity contribution in [3.05, 3.63) is 0 Å². The molecule has 0 aromatic carbocycles. The standard InChI is InChI=1S/C8H20N4O3S/c1-4-12(5-2)16(14,15)11(3)7-6-8(9)10-13/h13H,4-7H2,1-3H3,(H2,9,10). The molecule has 0 fully saturated rings. The maximum absolute atomic E-state index is 11.9. The summed E-state index contributed by atoms with van der Waals surface area (Å²) in [4.78, 5) is 0. The lowest BCUT2D eigenvalue weighted by Crippen LogP contribution is -2.42. The Morgan fingerprint density at radius 2 is 1.88 bits per heavy atom. The Balaban J connectivity index is 4.52. The van der Waals surface area contributed by atoms with Gasteiger partial charge in [0, 0.05) is 33.1 Å². The van der Waals surface area contributed by atoms with Crippen LogP contribution in [0.1, 0.15) is 20.3 Å². The molecular weight excluding hydrogens is 232 g/mol. The van der Waals surface area contributed by atoms with Crippen LogP contribution >= 0.6 is 0 Å². The molecule has 0 amide bonds. The van der Waals surface area contributed by atoms with Gasteiger partial charge >= 0.3 is 0 Å². The first kappa shape index (κ1) is 15.1. The van der Waals surface area contributed by atoms with Gasteiger partial charge in [-0.15, -0.1) is 0 Å². The van der Waals surface area contributed by atoms with Crippen molar-refractivity contribution in [1.82, 2.24) is 8.61 Å². The van der Waals surface area contributed by atoms with Gasteiger partial charge in [0.2, 0.25) is 0 Å². The van der Waals surface area contributed by atoms with Crippen LogP contribution in [0.25, 0.3) is 0 Å². The average molecular weight is 252 g/mol. The van der Waals surface area contributed by atoms with Crippen molar-refractivity contribution in [2.45, 2.75) is 20.3 Å². The summed E-state index contributed by atoms with van der Waals surface area (Å²) in [5.41, 5.74) is 5.27. The SMILES string of the molecule is CCN(CC)S(=O)(=O)N(C)CC/C(N)=N/O. The van der Waals surface area contributed by atoms with Crippen LogP contribution in [0.3, 0.4) is 0 Å². The minimum absolute atomic E-state index is 0.0154. The first-order chi connectivity index (χ1) is 7.39. The van der Waals surface area contributed by atoms with Crippen LogP contribution in [-0.2, 0) is 10.2 Å². The lowest BCUT2D eigenvalue weighted by molar-refractivity contribution is 0.315. The van der Waals surface area contributed by atoms with Crippen LogP contribution in [0.5, 0.6) is 0 Å². The first-order valence-electron chi connectivity index (χ1n) is 5.07. The summed E-state index contributed by atoms with van der Waals surface area (Å²) in [5.74, 6) is 0.0154. The van der Waals surface area contributed by atoms with Gasteiger partial charge in [-0.1, -0.05) is 19.0 Å². The van der Waals surface area contributed by atoms with Crippen molar-refractivity contribution >= 4 is 16.0 Å². The van der Waals surface area contributed by atoms with Crippen molar-refractivity contribution in [1.29, 1.82) is 0 Å². The molecule has 96 valence electrons. The molecule has 0 bridgehead atoms. The summed E-state index contributed by atoms with van der Waals surface area (Å²) in [6.45, 7) is 4.59. The van der Waals surface area contributed by atoms with Gasteiger partial charge in [0.15, 0.2) is 0 Å².